The van der Waals surface area contributed by atoms with Gasteiger partial charge in [-0.25, -0.2) is 17.1 Å². The van der Waals surface area contributed by atoms with Crippen LogP contribution in [0.15, 0.2) is 22.7 Å². The number of amides is 1. The normalized spacial score (nSPS) is 17.1. The molecule has 0 saturated carbocycles. The lowest BCUT2D eigenvalue weighted by Crippen LogP contribution is -2.41. The quantitative estimate of drug-likeness (QED) is 0.674. The third kappa shape index (κ3) is 4.18. The topological polar surface area (TPSA) is 105 Å². The van der Waals surface area contributed by atoms with Gasteiger partial charge in [0.15, 0.2) is 11.1 Å². The van der Waals surface area contributed by atoms with Crippen LogP contribution in [-0.4, -0.2) is 44.4 Å². The van der Waals surface area contributed by atoms with Gasteiger partial charge in [0.05, 0.1) is 11.1 Å². The van der Waals surface area contributed by atoms with Crippen molar-refractivity contribution in [2.24, 2.45) is 0 Å². The number of aromatic nitrogens is 1. The highest BCUT2D eigenvalue weighted by Crippen LogP contribution is 2.32. The molecule has 0 fully saturated rings. The number of halogens is 4. The third-order valence-corrected chi connectivity index (χ3v) is 6.58. The summed E-state index contributed by atoms with van der Waals surface area (Å²) >= 11 is 0. The average Bonchev–Trinajstić information content (AvgIpc) is 3.09. The maximum Gasteiger partial charge on any atom is 0.419 e. The Bertz CT molecular complexity index is 1070. The second kappa shape index (κ2) is 7.96. The Hall–Kier alpha value is -2.51. The summed E-state index contributed by atoms with van der Waals surface area (Å²) in [5, 5.41) is 7.63. The maximum atomic E-state index is 13.7. The second-order valence-corrected chi connectivity index (χ2v) is 9.01. The molecule has 13 heteroatoms. The van der Waals surface area contributed by atoms with Crippen molar-refractivity contribution < 1.29 is 35.3 Å². The highest BCUT2D eigenvalue weighted by atomic mass is 32.2. The molecular formula is C17H18F4N4O4S. The van der Waals surface area contributed by atoms with Crippen LogP contribution in [-0.2, 0) is 29.2 Å². The molecule has 0 saturated heterocycles. The van der Waals surface area contributed by atoms with Crippen LogP contribution in [0.2, 0.25) is 0 Å². The number of carbonyl (C=O) groups is 1. The van der Waals surface area contributed by atoms with Crippen molar-refractivity contribution in [3.63, 3.8) is 0 Å². The van der Waals surface area contributed by atoms with Crippen LogP contribution >= 0.6 is 0 Å². The van der Waals surface area contributed by atoms with Crippen molar-refractivity contribution in [2.45, 2.75) is 24.5 Å². The maximum absolute atomic E-state index is 13.7. The zero-order chi connectivity index (χ0) is 22.3. The Kier molecular flexibility index (Phi) is 5.89. The van der Waals surface area contributed by atoms with Crippen LogP contribution < -0.4 is 10.6 Å². The van der Waals surface area contributed by atoms with Gasteiger partial charge in [0.25, 0.3) is 5.91 Å². The van der Waals surface area contributed by atoms with Crippen LogP contribution in [0.4, 0.5) is 17.6 Å². The molecular weight excluding hydrogens is 432 g/mol. The number of benzene rings is 1. The minimum atomic E-state index is -4.83. The van der Waals surface area contributed by atoms with E-state index in [1.54, 1.807) is 0 Å². The molecule has 0 bridgehead atoms. The molecule has 1 atom stereocenters. The molecule has 2 N–H and O–H groups in total. The van der Waals surface area contributed by atoms with E-state index < -0.39 is 38.9 Å². The molecule has 3 rings (SSSR count). The first-order valence-electron chi connectivity index (χ1n) is 8.70. The predicted molar refractivity (Wildman–Crippen MR) is 96.1 cm³/mol. The van der Waals surface area contributed by atoms with Crippen LogP contribution in [0.5, 0.6) is 0 Å². The van der Waals surface area contributed by atoms with Crippen LogP contribution in [0.25, 0.3) is 0 Å². The van der Waals surface area contributed by atoms with E-state index in [9.17, 15) is 30.8 Å². The molecule has 0 aliphatic carbocycles. The Balaban J connectivity index is 1.81. The fraction of sp³-hybridized carbons (Fsp3) is 0.412. The summed E-state index contributed by atoms with van der Waals surface area (Å²) in [6.45, 7) is -0.000129. The minimum Gasteiger partial charge on any atom is -0.360 e. The highest BCUT2D eigenvalue weighted by Gasteiger charge is 2.40. The lowest BCUT2D eigenvalue weighted by molar-refractivity contribution is -0.140. The standard InChI is InChI=1S/C17H18F4N4O4S/c1-25(2)30(27,28)16-13-12(5-6-22-16)29-24-14(13)15(26)23-8-9-3-4-10(11(18)7-9)17(19,20)21/h3-4,7,16,22H,5-6,8H2,1-2H3,(H,23,26). The van der Waals surface area contributed by atoms with Crippen molar-refractivity contribution in [1.29, 1.82) is 0 Å². The number of carbonyl (C=O) groups excluding carboxylic acids is 1. The van der Waals surface area contributed by atoms with Gasteiger partial charge in [0.2, 0.25) is 10.0 Å². The Labute approximate surface area is 169 Å². The molecule has 164 valence electrons. The summed E-state index contributed by atoms with van der Waals surface area (Å²) in [5.74, 6) is -2.02. The van der Waals surface area contributed by atoms with E-state index in [2.05, 4.69) is 15.8 Å². The summed E-state index contributed by atoms with van der Waals surface area (Å²) in [6, 6.07) is 2.28. The lowest BCUT2D eigenvalue weighted by Gasteiger charge is -2.26. The van der Waals surface area contributed by atoms with Crippen molar-refractivity contribution in [3.8, 4) is 0 Å². The third-order valence-electron chi connectivity index (χ3n) is 4.56. The molecule has 1 unspecified atom stereocenters. The molecule has 1 amide bonds. The van der Waals surface area contributed by atoms with Crippen LogP contribution in [0.1, 0.15) is 38.3 Å². The summed E-state index contributed by atoms with van der Waals surface area (Å²) in [5.41, 5.74) is -1.51. The van der Waals surface area contributed by atoms with Gasteiger partial charge in [-0.3, -0.25) is 10.1 Å². The number of nitrogens with zero attached hydrogens (tertiary/aromatic N) is 2. The largest absolute Gasteiger partial charge is 0.419 e. The number of nitrogens with one attached hydrogen (secondary N) is 2. The van der Waals surface area contributed by atoms with Crippen LogP contribution in [0, 0.1) is 5.82 Å². The van der Waals surface area contributed by atoms with Crippen molar-refractivity contribution in [1.82, 2.24) is 20.1 Å². The van der Waals surface area contributed by atoms with E-state index in [0.717, 1.165) is 10.4 Å². The number of rotatable bonds is 5. The predicted octanol–water partition coefficient (Wildman–Crippen LogP) is 1.80. The molecule has 1 aliphatic rings. The van der Waals surface area contributed by atoms with Gasteiger partial charge in [-0.2, -0.15) is 13.2 Å². The molecule has 30 heavy (non-hydrogen) atoms. The van der Waals surface area contributed by atoms with E-state index in [-0.39, 0.29) is 29.1 Å². The summed E-state index contributed by atoms with van der Waals surface area (Å²) in [6.07, 6.45) is -4.51. The van der Waals surface area contributed by atoms with E-state index in [4.69, 9.17) is 4.52 Å². The zero-order valence-corrected chi connectivity index (χ0v) is 16.7. The Morgan fingerprint density at radius 2 is 2.07 bits per heavy atom. The van der Waals surface area contributed by atoms with Gasteiger partial charge in [-0.15, -0.1) is 0 Å². The average molecular weight is 450 g/mol. The highest BCUT2D eigenvalue weighted by molar-refractivity contribution is 7.89. The molecule has 0 radical (unpaired) electrons. The summed E-state index contributed by atoms with van der Waals surface area (Å²) < 4.78 is 82.9. The van der Waals surface area contributed by atoms with Gasteiger partial charge < -0.3 is 9.84 Å². The van der Waals surface area contributed by atoms with E-state index in [0.29, 0.717) is 25.1 Å². The molecule has 1 aromatic heterocycles. The molecule has 2 heterocycles. The number of fused-ring (bicyclic) bond motifs is 1. The Morgan fingerprint density at radius 3 is 2.67 bits per heavy atom. The van der Waals surface area contributed by atoms with E-state index >= 15 is 0 Å². The lowest BCUT2D eigenvalue weighted by atomic mass is 10.1. The van der Waals surface area contributed by atoms with Crippen molar-refractivity contribution in [2.75, 3.05) is 20.6 Å². The van der Waals surface area contributed by atoms with Crippen LogP contribution in [0.3, 0.4) is 0 Å². The van der Waals surface area contributed by atoms with Gasteiger partial charge in [-0.1, -0.05) is 11.2 Å². The number of hydrogen-bond donors (Lipinski definition) is 2. The zero-order valence-electron chi connectivity index (χ0n) is 15.9. The van der Waals surface area contributed by atoms with E-state index in [1.165, 1.54) is 14.1 Å². The summed E-state index contributed by atoms with van der Waals surface area (Å²) in [4.78, 5) is 12.6. The molecule has 0 spiro atoms. The number of sulfonamides is 1. The van der Waals surface area contributed by atoms with Crippen molar-refractivity contribution in [3.05, 3.63) is 52.2 Å². The first kappa shape index (κ1) is 22.2. The second-order valence-electron chi connectivity index (χ2n) is 6.77. The minimum absolute atomic E-state index is 0.0750. The summed E-state index contributed by atoms with van der Waals surface area (Å²) in [7, 11) is -1.15. The molecule has 1 aromatic carbocycles. The van der Waals surface area contributed by atoms with E-state index in [1.807, 2.05) is 0 Å². The SMILES string of the molecule is CN(C)S(=O)(=O)C1NCCc2onc(C(=O)NCc3ccc(C(F)(F)F)c(F)c3)c21. The first-order valence-corrected chi connectivity index (χ1v) is 10.2. The van der Waals surface area contributed by atoms with Gasteiger partial charge in [-0.05, 0) is 17.7 Å². The first-order chi connectivity index (χ1) is 13.9. The van der Waals surface area contributed by atoms with Gasteiger partial charge in [0.1, 0.15) is 11.6 Å². The monoisotopic (exact) mass is 450 g/mol. The molecule has 8 nitrogen and oxygen atoms in total. The molecule has 1 aliphatic heterocycles. The van der Waals surface area contributed by atoms with Crippen molar-refractivity contribution >= 4 is 15.9 Å². The Morgan fingerprint density at radius 1 is 1.37 bits per heavy atom. The molecule has 2 aromatic rings. The van der Waals surface area contributed by atoms with Gasteiger partial charge in [0, 0.05) is 33.6 Å². The fourth-order valence-electron chi connectivity index (χ4n) is 2.99. The smallest absolute Gasteiger partial charge is 0.360 e. The fourth-order valence-corrected chi connectivity index (χ4v) is 4.29. The van der Waals surface area contributed by atoms with Gasteiger partial charge >= 0.3 is 6.18 Å². The number of hydrogen-bond acceptors (Lipinski definition) is 6. The number of alkyl halides is 3.